The molecule has 2 aromatic carbocycles. The van der Waals surface area contributed by atoms with Crippen LogP contribution in [0, 0.1) is 0 Å². The van der Waals surface area contributed by atoms with Crippen LogP contribution < -0.4 is 9.47 Å². The molecule has 0 amide bonds. The Hall–Kier alpha value is -1.97. The lowest BCUT2D eigenvalue weighted by molar-refractivity contribution is 0.104. The van der Waals surface area contributed by atoms with Crippen LogP contribution in [0.2, 0.25) is 10.0 Å². The van der Waals surface area contributed by atoms with E-state index in [9.17, 15) is 4.79 Å². The molecule has 0 N–H and O–H groups in total. The summed E-state index contributed by atoms with van der Waals surface area (Å²) in [6, 6.07) is 10.4. The Balaban J connectivity index is 2.27. The van der Waals surface area contributed by atoms with Crippen molar-refractivity contribution in [3.05, 3.63) is 63.6 Å². The van der Waals surface area contributed by atoms with Crippen LogP contribution in [-0.4, -0.2) is 19.0 Å². The summed E-state index contributed by atoms with van der Waals surface area (Å²) in [5.74, 6) is 0.989. The number of carbonyl (C=O) groups excluding carboxylic acids is 1. The minimum Gasteiger partial charge on any atom is -0.494 e. The number of benzene rings is 2. The minimum absolute atomic E-state index is 0.175. The molecule has 0 spiro atoms. The third kappa shape index (κ3) is 4.76. The number of allylic oxidation sites excluding steroid dienone is 1. The minimum atomic E-state index is -0.175. The predicted molar refractivity (Wildman–Crippen MR) is 98.6 cm³/mol. The number of hydrogen-bond acceptors (Lipinski definition) is 3. The van der Waals surface area contributed by atoms with Gasteiger partial charge in [0.2, 0.25) is 0 Å². The maximum absolute atomic E-state index is 12.5. The average Bonchev–Trinajstić information content (AvgIpc) is 2.57. The standard InChI is InChI=1S/C19H18Cl2O3/c1-3-23-14-7-10-19(24-4-2)15(12-14)18(22)9-6-13-5-8-16(20)17(21)11-13/h5-12H,3-4H2,1-2H3. The highest BCUT2D eigenvalue weighted by molar-refractivity contribution is 6.42. The van der Waals surface area contributed by atoms with Crippen LogP contribution in [0.5, 0.6) is 11.5 Å². The van der Waals surface area contributed by atoms with Gasteiger partial charge in [-0.1, -0.05) is 35.3 Å². The van der Waals surface area contributed by atoms with Gasteiger partial charge in [0.1, 0.15) is 11.5 Å². The molecule has 0 fully saturated rings. The fourth-order valence-electron chi connectivity index (χ4n) is 2.12. The van der Waals surface area contributed by atoms with E-state index in [-0.39, 0.29) is 5.78 Å². The van der Waals surface area contributed by atoms with Crippen molar-refractivity contribution in [3.8, 4) is 11.5 Å². The normalized spacial score (nSPS) is 10.8. The number of ether oxygens (including phenoxy) is 2. The summed E-state index contributed by atoms with van der Waals surface area (Å²) in [5.41, 5.74) is 1.25. The first-order valence-electron chi connectivity index (χ1n) is 7.62. The van der Waals surface area contributed by atoms with Crippen molar-refractivity contribution < 1.29 is 14.3 Å². The molecular formula is C19H18Cl2O3. The second kappa shape index (κ2) is 8.76. The van der Waals surface area contributed by atoms with E-state index in [4.69, 9.17) is 32.7 Å². The fraction of sp³-hybridized carbons (Fsp3) is 0.211. The van der Waals surface area contributed by atoms with Crippen molar-refractivity contribution in [2.24, 2.45) is 0 Å². The van der Waals surface area contributed by atoms with E-state index in [1.165, 1.54) is 6.08 Å². The second-order valence-electron chi connectivity index (χ2n) is 4.90. The van der Waals surface area contributed by atoms with Crippen molar-refractivity contribution >= 4 is 35.1 Å². The van der Waals surface area contributed by atoms with Gasteiger partial charge < -0.3 is 9.47 Å². The van der Waals surface area contributed by atoms with Gasteiger partial charge in [-0.2, -0.15) is 0 Å². The maximum atomic E-state index is 12.5. The molecule has 126 valence electrons. The average molecular weight is 365 g/mol. The number of hydrogen-bond donors (Lipinski definition) is 0. The zero-order valence-electron chi connectivity index (χ0n) is 13.5. The molecule has 2 rings (SSSR count). The first-order valence-corrected chi connectivity index (χ1v) is 8.37. The van der Waals surface area contributed by atoms with Gasteiger partial charge in [-0.3, -0.25) is 4.79 Å². The molecule has 0 bridgehead atoms. The van der Waals surface area contributed by atoms with Crippen molar-refractivity contribution in [2.45, 2.75) is 13.8 Å². The summed E-state index contributed by atoms with van der Waals surface area (Å²) >= 11 is 11.9. The van der Waals surface area contributed by atoms with Gasteiger partial charge in [0.25, 0.3) is 0 Å². The van der Waals surface area contributed by atoms with Gasteiger partial charge in [-0.15, -0.1) is 0 Å². The topological polar surface area (TPSA) is 35.5 Å². The summed E-state index contributed by atoms with van der Waals surface area (Å²) in [7, 11) is 0. The maximum Gasteiger partial charge on any atom is 0.189 e. The molecule has 0 saturated heterocycles. The molecule has 0 saturated carbocycles. The van der Waals surface area contributed by atoms with Crippen LogP contribution in [0.15, 0.2) is 42.5 Å². The Kier molecular flexibility index (Phi) is 6.71. The number of halogens is 2. The Morgan fingerprint density at radius 2 is 1.75 bits per heavy atom. The largest absolute Gasteiger partial charge is 0.494 e. The van der Waals surface area contributed by atoms with Crippen LogP contribution in [0.4, 0.5) is 0 Å². The summed E-state index contributed by atoms with van der Waals surface area (Å²) in [6.45, 7) is 4.77. The zero-order valence-corrected chi connectivity index (χ0v) is 15.0. The van der Waals surface area contributed by atoms with Crippen LogP contribution in [-0.2, 0) is 0 Å². The number of ketones is 1. The van der Waals surface area contributed by atoms with Gasteiger partial charge >= 0.3 is 0 Å². The van der Waals surface area contributed by atoms with E-state index >= 15 is 0 Å². The highest BCUT2D eigenvalue weighted by Gasteiger charge is 2.12. The van der Waals surface area contributed by atoms with Crippen molar-refractivity contribution in [1.82, 2.24) is 0 Å². The quantitative estimate of drug-likeness (QED) is 0.467. The molecule has 0 aliphatic heterocycles. The molecule has 0 heterocycles. The van der Waals surface area contributed by atoms with Crippen molar-refractivity contribution in [2.75, 3.05) is 13.2 Å². The molecule has 0 aromatic heterocycles. The van der Waals surface area contributed by atoms with Crippen molar-refractivity contribution in [3.63, 3.8) is 0 Å². The number of rotatable bonds is 7. The Morgan fingerprint density at radius 1 is 1.00 bits per heavy atom. The van der Waals surface area contributed by atoms with E-state index in [1.54, 1.807) is 42.5 Å². The van der Waals surface area contributed by atoms with E-state index in [0.29, 0.717) is 40.3 Å². The van der Waals surface area contributed by atoms with Crippen LogP contribution in [0.1, 0.15) is 29.8 Å². The molecule has 2 aromatic rings. The molecule has 0 radical (unpaired) electrons. The van der Waals surface area contributed by atoms with E-state index in [1.807, 2.05) is 13.8 Å². The lowest BCUT2D eigenvalue weighted by Crippen LogP contribution is -2.03. The summed E-state index contributed by atoms with van der Waals surface area (Å²) < 4.78 is 11.0. The Labute approximate surface area is 151 Å². The van der Waals surface area contributed by atoms with Crippen LogP contribution in [0.3, 0.4) is 0 Å². The van der Waals surface area contributed by atoms with Gasteiger partial charge in [0.15, 0.2) is 5.78 Å². The molecule has 0 aliphatic carbocycles. The second-order valence-corrected chi connectivity index (χ2v) is 5.71. The van der Waals surface area contributed by atoms with E-state index in [0.717, 1.165) is 5.56 Å². The molecule has 0 aliphatic rings. The summed E-state index contributed by atoms with van der Waals surface area (Å²) in [5, 5.41) is 0.919. The predicted octanol–water partition coefficient (Wildman–Crippen LogP) is 5.69. The highest BCUT2D eigenvalue weighted by Crippen LogP contribution is 2.26. The first kappa shape index (κ1) is 18.4. The third-order valence-corrected chi connectivity index (χ3v) is 3.94. The molecule has 3 nitrogen and oxygen atoms in total. The third-order valence-electron chi connectivity index (χ3n) is 3.20. The van der Waals surface area contributed by atoms with Crippen LogP contribution >= 0.6 is 23.2 Å². The molecule has 0 unspecified atom stereocenters. The van der Waals surface area contributed by atoms with E-state index < -0.39 is 0 Å². The smallest absolute Gasteiger partial charge is 0.189 e. The number of carbonyl (C=O) groups is 1. The van der Waals surface area contributed by atoms with Gasteiger partial charge in [-0.25, -0.2) is 0 Å². The molecule has 0 atom stereocenters. The SMILES string of the molecule is CCOc1ccc(OCC)c(C(=O)C=Cc2ccc(Cl)c(Cl)c2)c1. The molecule has 5 heteroatoms. The summed E-state index contributed by atoms with van der Waals surface area (Å²) in [6.07, 6.45) is 3.17. The fourth-order valence-corrected chi connectivity index (χ4v) is 2.42. The van der Waals surface area contributed by atoms with Gasteiger partial charge in [0.05, 0.1) is 28.8 Å². The lowest BCUT2D eigenvalue weighted by Gasteiger charge is -2.10. The van der Waals surface area contributed by atoms with Crippen LogP contribution in [0.25, 0.3) is 6.08 Å². The summed E-state index contributed by atoms with van der Waals surface area (Å²) in [4.78, 5) is 12.5. The Morgan fingerprint density at radius 3 is 2.42 bits per heavy atom. The van der Waals surface area contributed by atoms with Crippen molar-refractivity contribution in [1.29, 1.82) is 0 Å². The van der Waals surface area contributed by atoms with Gasteiger partial charge in [-0.05, 0) is 55.8 Å². The zero-order chi connectivity index (χ0) is 17.5. The first-order chi connectivity index (χ1) is 11.5. The monoisotopic (exact) mass is 364 g/mol. The molecular weight excluding hydrogens is 347 g/mol. The van der Waals surface area contributed by atoms with E-state index in [2.05, 4.69) is 0 Å². The highest BCUT2D eigenvalue weighted by atomic mass is 35.5. The lowest BCUT2D eigenvalue weighted by atomic mass is 10.1. The van der Waals surface area contributed by atoms with Gasteiger partial charge in [0, 0.05) is 0 Å². The Bertz CT molecular complexity index is 754. The molecule has 24 heavy (non-hydrogen) atoms.